The normalized spacial score (nSPS) is 10.7. The van der Waals surface area contributed by atoms with Crippen LogP contribution in [0.1, 0.15) is 11.1 Å². The van der Waals surface area contributed by atoms with E-state index in [4.69, 9.17) is 9.57 Å². The molecule has 1 N–H and O–H groups in total. The second kappa shape index (κ2) is 10.4. The Kier molecular flexibility index (Phi) is 7.35. The number of nitrogens with one attached hydrogen (secondary N) is 1. The molecule has 1 amide bonds. The zero-order valence-electron chi connectivity index (χ0n) is 15.3. The number of hydrogen-bond donors (Lipinski definition) is 1. The average Bonchev–Trinajstić information content (AvgIpc) is 2.72. The lowest BCUT2D eigenvalue weighted by atomic mass is 10.2. The van der Waals surface area contributed by atoms with E-state index in [1.807, 2.05) is 30.3 Å². The van der Waals surface area contributed by atoms with E-state index in [0.29, 0.717) is 18.0 Å². The standard InChI is InChI=1S/C22H18BrFN2O3/c23-20-12-17(8-11-21(20)28-14-16-6-9-18(24)10-7-16)13-25-29-15-22(27)26-19-4-2-1-3-5-19/h1-13H,14-15H2,(H,26,27). The number of halogens is 2. The van der Waals surface area contributed by atoms with Gasteiger partial charge in [0.15, 0.2) is 6.61 Å². The predicted octanol–water partition coefficient (Wildman–Crippen LogP) is 5.16. The molecular formula is C22H18BrFN2O3. The van der Waals surface area contributed by atoms with E-state index in [0.717, 1.165) is 15.6 Å². The monoisotopic (exact) mass is 456 g/mol. The molecule has 0 atom stereocenters. The first-order chi connectivity index (χ1) is 14.1. The molecule has 0 aliphatic carbocycles. The zero-order chi connectivity index (χ0) is 20.5. The molecule has 0 aliphatic heterocycles. The number of nitrogens with zero attached hydrogens (tertiary/aromatic N) is 1. The van der Waals surface area contributed by atoms with Crippen molar-refractivity contribution in [2.75, 3.05) is 11.9 Å². The average molecular weight is 457 g/mol. The first-order valence-corrected chi connectivity index (χ1v) is 9.56. The summed E-state index contributed by atoms with van der Waals surface area (Å²) >= 11 is 3.45. The fourth-order valence-corrected chi connectivity index (χ4v) is 2.88. The lowest BCUT2D eigenvalue weighted by Crippen LogP contribution is -2.16. The van der Waals surface area contributed by atoms with Crippen molar-refractivity contribution in [3.05, 3.63) is 94.2 Å². The summed E-state index contributed by atoms with van der Waals surface area (Å²) in [5, 5.41) is 6.52. The highest BCUT2D eigenvalue weighted by molar-refractivity contribution is 9.10. The first-order valence-electron chi connectivity index (χ1n) is 8.77. The quantitative estimate of drug-likeness (QED) is 0.376. The Morgan fingerprint density at radius 1 is 1.07 bits per heavy atom. The second-order valence-electron chi connectivity index (χ2n) is 6.03. The number of anilines is 1. The molecular weight excluding hydrogens is 439 g/mol. The minimum Gasteiger partial charge on any atom is -0.488 e. The van der Waals surface area contributed by atoms with Crippen molar-refractivity contribution in [1.29, 1.82) is 0 Å². The molecule has 3 aromatic rings. The summed E-state index contributed by atoms with van der Waals surface area (Å²) in [5.41, 5.74) is 2.34. The minimum atomic E-state index is -0.293. The molecule has 5 nitrogen and oxygen atoms in total. The van der Waals surface area contributed by atoms with Gasteiger partial charge < -0.3 is 14.9 Å². The fraction of sp³-hybridized carbons (Fsp3) is 0.0909. The van der Waals surface area contributed by atoms with Gasteiger partial charge in [-0.3, -0.25) is 4.79 Å². The van der Waals surface area contributed by atoms with E-state index in [1.54, 1.807) is 30.3 Å². The van der Waals surface area contributed by atoms with Gasteiger partial charge >= 0.3 is 0 Å². The molecule has 0 saturated carbocycles. The van der Waals surface area contributed by atoms with Gasteiger partial charge in [-0.2, -0.15) is 0 Å². The first kappa shape index (κ1) is 20.5. The van der Waals surface area contributed by atoms with Crippen molar-refractivity contribution in [3.8, 4) is 5.75 Å². The van der Waals surface area contributed by atoms with E-state index >= 15 is 0 Å². The second-order valence-corrected chi connectivity index (χ2v) is 6.88. The van der Waals surface area contributed by atoms with Crippen LogP contribution in [0.5, 0.6) is 5.75 Å². The van der Waals surface area contributed by atoms with Crippen LogP contribution in [0.25, 0.3) is 0 Å². The Labute approximate surface area is 176 Å². The molecule has 0 bridgehead atoms. The maximum Gasteiger partial charge on any atom is 0.265 e. The Morgan fingerprint density at radius 2 is 1.83 bits per heavy atom. The molecule has 0 unspecified atom stereocenters. The van der Waals surface area contributed by atoms with E-state index in [-0.39, 0.29) is 18.3 Å². The van der Waals surface area contributed by atoms with Crippen LogP contribution < -0.4 is 10.1 Å². The van der Waals surface area contributed by atoms with E-state index < -0.39 is 0 Å². The lowest BCUT2D eigenvalue weighted by molar-refractivity contribution is -0.120. The third kappa shape index (κ3) is 6.73. The SMILES string of the molecule is O=C(CON=Cc1ccc(OCc2ccc(F)cc2)c(Br)c1)Nc1ccccc1. The summed E-state index contributed by atoms with van der Waals surface area (Å²) in [6.07, 6.45) is 1.50. The van der Waals surface area contributed by atoms with Gasteiger partial charge in [0.05, 0.1) is 10.7 Å². The lowest BCUT2D eigenvalue weighted by Gasteiger charge is -2.09. The van der Waals surface area contributed by atoms with Gasteiger partial charge in [-0.15, -0.1) is 0 Å². The van der Waals surface area contributed by atoms with Gasteiger partial charge in [-0.25, -0.2) is 4.39 Å². The summed E-state index contributed by atoms with van der Waals surface area (Å²) in [7, 11) is 0. The highest BCUT2D eigenvalue weighted by atomic mass is 79.9. The van der Waals surface area contributed by atoms with Crippen LogP contribution in [0.15, 0.2) is 82.4 Å². The van der Waals surface area contributed by atoms with Crippen LogP contribution >= 0.6 is 15.9 Å². The molecule has 0 radical (unpaired) electrons. The highest BCUT2D eigenvalue weighted by Gasteiger charge is 2.04. The van der Waals surface area contributed by atoms with Gasteiger partial charge in [0.2, 0.25) is 0 Å². The highest BCUT2D eigenvalue weighted by Crippen LogP contribution is 2.26. The summed E-state index contributed by atoms with van der Waals surface area (Å²) in [5.74, 6) is 0.0760. The number of ether oxygens (including phenoxy) is 1. The van der Waals surface area contributed by atoms with Crippen LogP contribution in [0.2, 0.25) is 0 Å². The van der Waals surface area contributed by atoms with E-state index in [1.165, 1.54) is 18.3 Å². The Bertz CT molecular complexity index is 979. The number of para-hydroxylation sites is 1. The molecule has 0 heterocycles. The van der Waals surface area contributed by atoms with E-state index in [2.05, 4.69) is 26.4 Å². The Morgan fingerprint density at radius 3 is 2.55 bits per heavy atom. The van der Waals surface area contributed by atoms with Gasteiger partial charge in [0.1, 0.15) is 18.2 Å². The van der Waals surface area contributed by atoms with Crippen molar-refractivity contribution >= 4 is 33.7 Å². The van der Waals surface area contributed by atoms with Crippen LogP contribution in [-0.4, -0.2) is 18.7 Å². The van der Waals surface area contributed by atoms with Gasteiger partial charge in [-0.1, -0.05) is 35.5 Å². The van der Waals surface area contributed by atoms with Crippen LogP contribution in [0.3, 0.4) is 0 Å². The molecule has 7 heteroatoms. The predicted molar refractivity (Wildman–Crippen MR) is 113 cm³/mol. The molecule has 29 heavy (non-hydrogen) atoms. The minimum absolute atomic E-state index is 0.189. The molecule has 0 fully saturated rings. The molecule has 148 valence electrons. The molecule has 3 rings (SSSR count). The maximum absolute atomic E-state index is 12.9. The van der Waals surface area contributed by atoms with Gasteiger partial charge in [0.25, 0.3) is 5.91 Å². The smallest absolute Gasteiger partial charge is 0.265 e. The Balaban J connectivity index is 1.46. The summed E-state index contributed by atoms with van der Waals surface area (Å²) in [6.45, 7) is 0.136. The van der Waals surface area contributed by atoms with Crippen molar-refractivity contribution < 1.29 is 18.8 Å². The van der Waals surface area contributed by atoms with Crippen molar-refractivity contribution in [3.63, 3.8) is 0 Å². The third-order valence-corrected chi connectivity index (χ3v) is 4.41. The topological polar surface area (TPSA) is 59.9 Å². The zero-order valence-corrected chi connectivity index (χ0v) is 16.9. The number of oxime groups is 1. The maximum atomic E-state index is 12.9. The summed E-state index contributed by atoms with van der Waals surface area (Å²) < 4.78 is 19.4. The van der Waals surface area contributed by atoms with Crippen molar-refractivity contribution in [1.82, 2.24) is 0 Å². The molecule has 0 aliphatic rings. The number of carbonyl (C=O) groups is 1. The van der Waals surface area contributed by atoms with Crippen LogP contribution in [0, 0.1) is 5.82 Å². The fourth-order valence-electron chi connectivity index (χ4n) is 2.37. The number of amides is 1. The van der Waals surface area contributed by atoms with Crippen LogP contribution in [-0.2, 0) is 16.2 Å². The third-order valence-electron chi connectivity index (χ3n) is 3.79. The molecule has 0 aromatic heterocycles. The number of rotatable bonds is 8. The number of hydrogen-bond acceptors (Lipinski definition) is 4. The van der Waals surface area contributed by atoms with Gasteiger partial charge in [0, 0.05) is 5.69 Å². The largest absolute Gasteiger partial charge is 0.488 e. The number of carbonyl (C=O) groups excluding carboxylic acids is 1. The Hall–Kier alpha value is -3.19. The molecule has 0 saturated heterocycles. The molecule has 0 spiro atoms. The van der Waals surface area contributed by atoms with Crippen molar-refractivity contribution in [2.45, 2.75) is 6.61 Å². The molecule has 3 aromatic carbocycles. The summed E-state index contributed by atoms with van der Waals surface area (Å²) in [4.78, 5) is 16.8. The van der Waals surface area contributed by atoms with E-state index in [9.17, 15) is 9.18 Å². The van der Waals surface area contributed by atoms with Gasteiger partial charge in [-0.05, 0) is 69.5 Å². The van der Waals surface area contributed by atoms with Crippen LogP contribution in [0.4, 0.5) is 10.1 Å². The summed E-state index contributed by atoms with van der Waals surface area (Å²) in [6, 6.07) is 20.7. The van der Waals surface area contributed by atoms with Crippen molar-refractivity contribution in [2.24, 2.45) is 5.16 Å². The number of benzene rings is 3.